The van der Waals surface area contributed by atoms with Crippen LogP contribution in [0.15, 0.2) is 17.0 Å². The van der Waals surface area contributed by atoms with E-state index in [0.29, 0.717) is 11.8 Å². The molecule has 0 amide bonds. The fraction of sp³-hybridized carbons (Fsp3) is 0.333. The molecule has 1 aromatic rings. The van der Waals surface area contributed by atoms with Gasteiger partial charge in [0.15, 0.2) is 5.82 Å². The Morgan fingerprint density at radius 1 is 1.35 bits per heavy atom. The van der Waals surface area contributed by atoms with Crippen LogP contribution in [0.1, 0.15) is 6.42 Å². The van der Waals surface area contributed by atoms with E-state index in [9.17, 15) is 12.8 Å². The Bertz CT molecular complexity index is 510. The second kappa shape index (κ2) is 6.33. The van der Waals surface area contributed by atoms with Crippen LogP contribution in [0.4, 0.5) is 4.39 Å². The third-order valence-electron chi connectivity index (χ3n) is 1.89. The molecule has 17 heavy (non-hydrogen) atoms. The number of alkyl halides is 1. The summed E-state index contributed by atoms with van der Waals surface area (Å²) in [5.74, 6) is -0.934. The van der Waals surface area contributed by atoms with Crippen molar-refractivity contribution < 1.29 is 12.8 Å². The van der Waals surface area contributed by atoms with Gasteiger partial charge < -0.3 is 0 Å². The molecule has 0 aromatic heterocycles. The number of sulfonamides is 1. The van der Waals surface area contributed by atoms with Crippen molar-refractivity contribution in [2.24, 2.45) is 0 Å². The van der Waals surface area contributed by atoms with Crippen LogP contribution < -0.4 is 4.72 Å². The number of benzene rings is 1. The molecule has 0 aliphatic heterocycles. The van der Waals surface area contributed by atoms with Gasteiger partial charge in [-0.15, -0.1) is 0 Å². The summed E-state index contributed by atoms with van der Waals surface area (Å²) in [6, 6.07) is 2.33. The van der Waals surface area contributed by atoms with Crippen LogP contribution in [0, 0.1) is 5.82 Å². The standard InChI is InChI=1S/C9H9BrCl2FNO2S/c10-4-1-5-14-17(15,16)7-3-2-6(11)9(13)8(7)12/h2-3,14H,1,4-5H2. The summed E-state index contributed by atoms with van der Waals surface area (Å²) in [5, 5.41) is -0.0450. The van der Waals surface area contributed by atoms with Gasteiger partial charge in [0.2, 0.25) is 10.0 Å². The number of rotatable bonds is 5. The number of hydrogen-bond acceptors (Lipinski definition) is 2. The van der Waals surface area contributed by atoms with Crippen molar-refractivity contribution in [1.82, 2.24) is 4.72 Å². The second-order valence-electron chi connectivity index (χ2n) is 3.11. The highest BCUT2D eigenvalue weighted by atomic mass is 79.9. The van der Waals surface area contributed by atoms with Gasteiger partial charge in [-0.2, -0.15) is 0 Å². The zero-order chi connectivity index (χ0) is 13.1. The minimum absolute atomic E-state index is 0.214. The van der Waals surface area contributed by atoms with Crippen LogP contribution >= 0.6 is 39.1 Å². The van der Waals surface area contributed by atoms with E-state index < -0.39 is 20.9 Å². The van der Waals surface area contributed by atoms with Crippen LogP contribution in [0.3, 0.4) is 0 Å². The molecular formula is C9H9BrCl2FNO2S. The van der Waals surface area contributed by atoms with Crippen molar-refractivity contribution in [3.8, 4) is 0 Å². The van der Waals surface area contributed by atoms with E-state index in [1.807, 2.05) is 0 Å². The Morgan fingerprint density at radius 3 is 2.59 bits per heavy atom. The highest BCUT2D eigenvalue weighted by Gasteiger charge is 2.21. The van der Waals surface area contributed by atoms with Gasteiger partial charge in [-0.25, -0.2) is 17.5 Å². The Kier molecular flexibility index (Phi) is 5.66. The van der Waals surface area contributed by atoms with E-state index >= 15 is 0 Å². The first kappa shape index (κ1) is 15.2. The topological polar surface area (TPSA) is 46.2 Å². The summed E-state index contributed by atoms with van der Waals surface area (Å²) in [6.45, 7) is 0.244. The number of nitrogens with one attached hydrogen (secondary N) is 1. The van der Waals surface area contributed by atoms with Gasteiger partial charge in [-0.1, -0.05) is 39.1 Å². The van der Waals surface area contributed by atoms with Crippen molar-refractivity contribution >= 4 is 49.2 Å². The van der Waals surface area contributed by atoms with Crippen LogP contribution in [-0.2, 0) is 10.0 Å². The predicted octanol–water partition coefficient (Wildman–Crippen LogP) is 3.20. The highest BCUT2D eigenvalue weighted by Crippen LogP contribution is 2.29. The SMILES string of the molecule is O=S(=O)(NCCCBr)c1ccc(Cl)c(F)c1Cl. The maximum Gasteiger partial charge on any atom is 0.242 e. The monoisotopic (exact) mass is 363 g/mol. The second-order valence-corrected chi connectivity index (χ2v) is 6.43. The smallest absolute Gasteiger partial charge is 0.211 e. The Morgan fingerprint density at radius 2 is 2.00 bits per heavy atom. The number of hydrogen-bond donors (Lipinski definition) is 1. The molecule has 3 nitrogen and oxygen atoms in total. The molecule has 0 saturated heterocycles. The summed E-state index contributed by atoms with van der Waals surface area (Å²) in [5.41, 5.74) is 0. The van der Waals surface area contributed by atoms with Gasteiger partial charge in [0.25, 0.3) is 0 Å². The zero-order valence-electron chi connectivity index (χ0n) is 8.51. The van der Waals surface area contributed by atoms with Gasteiger partial charge in [0.05, 0.1) is 10.0 Å². The normalized spacial score (nSPS) is 11.8. The molecule has 0 unspecified atom stereocenters. The third-order valence-corrected chi connectivity index (χ3v) is 4.73. The molecule has 0 radical (unpaired) electrons. The summed E-state index contributed by atoms with van der Waals surface area (Å²) in [4.78, 5) is -0.310. The average molecular weight is 365 g/mol. The molecule has 0 spiro atoms. The van der Waals surface area contributed by atoms with Crippen molar-refractivity contribution in [3.63, 3.8) is 0 Å². The van der Waals surface area contributed by atoms with E-state index in [4.69, 9.17) is 23.2 Å². The Labute approximate surface area is 117 Å². The lowest BCUT2D eigenvalue weighted by Crippen LogP contribution is -2.25. The van der Waals surface area contributed by atoms with E-state index in [1.54, 1.807) is 0 Å². The summed E-state index contributed by atoms with van der Waals surface area (Å²) < 4.78 is 39.2. The lowest BCUT2D eigenvalue weighted by molar-refractivity contribution is 0.577. The summed E-state index contributed by atoms with van der Waals surface area (Å²) in [7, 11) is -3.80. The molecule has 96 valence electrons. The largest absolute Gasteiger partial charge is 0.242 e. The first-order valence-electron chi connectivity index (χ1n) is 4.59. The molecule has 8 heteroatoms. The molecule has 0 heterocycles. The fourth-order valence-corrected chi connectivity index (χ4v) is 3.16. The number of halogens is 4. The molecule has 1 rings (SSSR count). The summed E-state index contributed by atoms with van der Waals surface area (Å²) >= 11 is 14.3. The van der Waals surface area contributed by atoms with Gasteiger partial charge in [0, 0.05) is 11.9 Å². The van der Waals surface area contributed by atoms with Gasteiger partial charge in [-0.05, 0) is 18.6 Å². The molecular weight excluding hydrogens is 356 g/mol. The molecule has 0 aliphatic rings. The van der Waals surface area contributed by atoms with Crippen molar-refractivity contribution in [2.75, 3.05) is 11.9 Å². The Hall–Kier alpha value is 0.120. The first-order valence-corrected chi connectivity index (χ1v) is 7.95. The van der Waals surface area contributed by atoms with Crippen molar-refractivity contribution in [2.45, 2.75) is 11.3 Å². The van der Waals surface area contributed by atoms with Crippen LogP contribution in [0.5, 0.6) is 0 Å². The maximum absolute atomic E-state index is 13.3. The van der Waals surface area contributed by atoms with Crippen LogP contribution in [-0.4, -0.2) is 20.3 Å². The van der Waals surface area contributed by atoms with Gasteiger partial charge in [0.1, 0.15) is 4.90 Å². The maximum atomic E-state index is 13.3. The highest BCUT2D eigenvalue weighted by molar-refractivity contribution is 9.09. The summed E-state index contributed by atoms with van der Waals surface area (Å²) in [6.07, 6.45) is 0.618. The quantitative estimate of drug-likeness (QED) is 0.495. The molecule has 0 bridgehead atoms. The van der Waals surface area contributed by atoms with Crippen LogP contribution in [0.25, 0.3) is 0 Å². The molecule has 1 N–H and O–H groups in total. The fourth-order valence-electron chi connectivity index (χ4n) is 1.07. The van der Waals surface area contributed by atoms with E-state index in [0.717, 1.165) is 6.07 Å². The first-order chi connectivity index (χ1) is 7.90. The lowest BCUT2D eigenvalue weighted by Gasteiger charge is -2.08. The van der Waals surface area contributed by atoms with Crippen molar-refractivity contribution in [3.05, 3.63) is 28.0 Å². The molecule has 0 aliphatic carbocycles. The minimum Gasteiger partial charge on any atom is -0.211 e. The molecule has 0 saturated carbocycles. The zero-order valence-corrected chi connectivity index (χ0v) is 12.4. The third kappa shape index (κ3) is 3.79. The Balaban J connectivity index is 3.04. The van der Waals surface area contributed by atoms with Gasteiger partial charge in [-0.3, -0.25) is 0 Å². The van der Waals surface area contributed by atoms with Crippen molar-refractivity contribution in [1.29, 1.82) is 0 Å². The minimum atomic E-state index is -3.80. The molecule has 0 fully saturated rings. The van der Waals surface area contributed by atoms with E-state index in [-0.39, 0.29) is 16.5 Å². The lowest BCUT2D eigenvalue weighted by atomic mass is 10.3. The predicted molar refractivity (Wildman–Crippen MR) is 70.0 cm³/mol. The molecule has 0 atom stereocenters. The molecule has 1 aromatic carbocycles. The van der Waals surface area contributed by atoms with Crippen LogP contribution in [0.2, 0.25) is 10.0 Å². The van der Waals surface area contributed by atoms with Gasteiger partial charge >= 0.3 is 0 Å². The van der Waals surface area contributed by atoms with E-state index in [1.165, 1.54) is 6.07 Å². The average Bonchev–Trinajstić information content (AvgIpc) is 2.26. The van der Waals surface area contributed by atoms with E-state index in [2.05, 4.69) is 20.7 Å².